The van der Waals surface area contributed by atoms with Crippen LogP contribution < -0.4 is 14.4 Å². The number of ether oxygens (including phenoxy) is 3. The molecule has 1 unspecified atom stereocenters. The second-order valence-corrected chi connectivity index (χ2v) is 5.72. The Morgan fingerprint density at radius 1 is 1.19 bits per heavy atom. The normalized spacial score (nSPS) is 15.6. The number of nitro groups is 1. The van der Waals surface area contributed by atoms with E-state index in [1.807, 2.05) is 0 Å². The van der Waals surface area contributed by atoms with Gasteiger partial charge in [0, 0.05) is 36.8 Å². The van der Waals surface area contributed by atoms with Crippen molar-refractivity contribution in [3.63, 3.8) is 0 Å². The largest absolute Gasteiger partial charge is 0.493 e. The molecule has 1 atom stereocenters. The van der Waals surface area contributed by atoms with Crippen molar-refractivity contribution in [3.8, 4) is 11.5 Å². The van der Waals surface area contributed by atoms with E-state index in [2.05, 4.69) is 0 Å². The van der Waals surface area contributed by atoms with Crippen molar-refractivity contribution in [1.82, 2.24) is 0 Å². The molecule has 0 saturated heterocycles. The van der Waals surface area contributed by atoms with Crippen LogP contribution in [-0.4, -0.2) is 31.0 Å². The Morgan fingerprint density at radius 3 is 2.44 bits per heavy atom. The average molecular weight is 372 g/mol. The molecule has 0 bridgehead atoms. The molecule has 0 spiro atoms. The van der Waals surface area contributed by atoms with Gasteiger partial charge in [0.05, 0.1) is 30.4 Å². The van der Waals surface area contributed by atoms with Crippen LogP contribution >= 0.6 is 0 Å². The Labute approximate surface area is 154 Å². The third kappa shape index (κ3) is 3.14. The number of hydrogen-bond donors (Lipinski definition) is 0. The van der Waals surface area contributed by atoms with Crippen molar-refractivity contribution in [2.45, 2.75) is 13.2 Å². The van der Waals surface area contributed by atoms with E-state index in [1.54, 1.807) is 6.07 Å². The van der Waals surface area contributed by atoms with Crippen LogP contribution in [0.15, 0.2) is 36.4 Å². The second kappa shape index (κ2) is 6.94. The van der Waals surface area contributed by atoms with E-state index in [-0.39, 0.29) is 16.9 Å². The van der Waals surface area contributed by atoms with Crippen molar-refractivity contribution >= 4 is 23.3 Å². The molecule has 9 heteroatoms. The molecular formula is C18H16N2O7. The summed E-state index contributed by atoms with van der Waals surface area (Å²) in [4.78, 5) is 36.6. The molecule has 3 rings (SSSR count). The van der Waals surface area contributed by atoms with E-state index in [9.17, 15) is 19.7 Å². The van der Waals surface area contributed by atoms with E-state index in [4.69, 9.17) is 14.2 Å². The summed E-state index contributed by atoms with van der Waals surface area (Å²) in [5.41, 5.74) is 0.524. The predicted octanol–water partition coefficient (Wildman–Crippen LogP) is 2.83. The molecule has 2 aromatic rings. The van der Waals surface area contributed by atoms with Crippen LogP contribution in [0.2, 0.25) is 0 Å². The number of nitrogens with zero attached hydrogens (tertiary/aromatic N) is 2. The lowest BCUT2D eigenvalue weighted by molar-refractivity contribution is -0.385. The zero-order chi connectivity index (χ0) is 19.7. The number of non-ortho nitro benzene ring substituents is 1. The number of esters is 1. The summed E-state index contributed by atoms with van der Waals surface area (Å²) in [6, 6.07) is 8.51. The Kier molecular flexibility index (Phi) is 4.68. The van der Waals surface area contributed by atoms with E-state index in [0.29, 0.717) is 17.1 Å². The molecule has 140 valence electrons. The Morgan fingerprint density at radius 2 is 1.85 bits per heavy atom. The van der Waals surface area contributed by atoms with Gasteiger partial charge < -0.3 is 14.2 Å². The number of fused-ring (bicyclic) bond motifs is 1. The smallest absolute Gasteiger partial charge is 0.342 e. The van der Waals surface area contributed by atoms with Crippen LogP contribution in [0.3, 0.4) is 0 Å². The Balaban J connectivity index is 2.17. The van der Waals surface area contributed by atoms with Crippen LogP contribution in [0.25, 0.3) is 0 Å². The summed E-state index contributed by atoms with van der Waals surface area (Å²) < 4.78 is 15.9. The van der Waals surface area contributed by atoms with Gasteiger partial charge in [0.25, 0.3) is 5.69 Å². The van der Waals surface area contributed by atoms with Crippen molar-refractivity contribution in [2.75, 3.05) is 19.1 Å². The number of carbonyl (C=O) groups excluding carboxylic acids is 2. The molecule has 1 amide bonds. The van der Waals surface area contributed by atoms with Crippen molar-refractivity contribution in [3.05, 3.63) is 57.6 Å². The number of benzene rings is 2. The summed E-state index contributed by atoms with van der Waals surface area (Å²) in [5, 5.41) is 11.1. The van der Waals surface area contributed by atoms with Gasteiger partial charge in [-0.15, -0.1) is 0 Å². The number of nitro benzene ring substituents is 1. The van der Waals surface area contributed by atoms with Crippen molar-refractivity contribution < 1.29 is 28.7 Å². The standard InChI is InChI=1S/C18H16N2O7/c1-10(21)19-14-9-16(26-3)15(25-2)8-13(14)18(22)27-17(19)11-5-4-6-12(7-11)20(23)24/h4-9,17H,1-3H3. The van der Waals surface area contributed by atoms with Gasteiger partial charge in [-0.3, -0.25) is 19.8 Å². The van der Waals surface area contributed by atoms with Crippen LogP contribution in [0.4, 0.5) is 11.4 Å². The number of methoxy groups -OCH3 is 2. The zero-order valence-electron chi connectivity index (χ0n) is 14.8. The second-order valence-electron chi connectivity index (χ2n) is 5.72. The number of hydrogen-bond acceptors (Lipinski definition) is 7. The first kappa shape index (κ1) is 18.2. The SMILES string of the molecule is COc1cc2c(cc1OC)N(C(C)=O)C(c1cccc([N+](=O)[O-])c1)OC2=O. The molecule has 0 aromatic heterocycles. The van der Waals surface area contributed by atoms with E-state index < -0.39 is 23.0 Å². The number of anilines is 1. The predicted molar refractivity (Wildman–Crippen MR) is 94.0 cm³/mol. The Bertz CT molecular complexity index is 941. The van der Waals surface area contributed by atoms with E-state index in [0.717, 1.165) is 0 Å². The van der Waals surface area contributed by atoms with Gasteiger partial charge in [0.15, 0.2) is 11.5 Å². The summed E-state index contributed by atoms with van der Waals surface area (Å²) >= 11 is 0. The summed E-state index contributed by atoms with van der Waals surface area (Å²) in [6.45, 7) is 1.31. The fraction of sp³-hybridized carbons (Fsp3) is 0.222. The van der Waals surface area contributed by atoms with Gasteiger partial charge in [0.1, 0.15) is 0 Å². The molecule has 0 fully saturated rings. The van der Waals surface area contributed by atoms with Gasteiger partial charge in [-0.05, 0) is 0 Å². The molecule has 2 aromatic carbocycles. The molecule has 1 heterocycles. The van der Waals surface area contributed by atoms with Gasteiger partial charge in [0.2, 0.25) is 12.1 Å². The fourth-order valence-electron chi connectivity index (χ4n) is 2.92. The minimum Gasteiger partial charge on any atom is -0.493 e. The molecule has 0 saturated carbocycles. The third-order valence-corrected chi connectivity index (χ3v) is 4.14. The summed E-state index contributed by atoms with van der Waals surface area (Å²) in [6.07, 6.45) is -1.14. The lowest BCUT2D eigenvalue weighted by Gasteiger charge is -2.36. The highest BCUT2D eigenvalue weighted by molar-refractivity contribution is 6.05. The average Bonchev–Trinajstić information content (AvgIpc) is 2.66. The fourth-order valence-corrected chi connectivity index (χ4v) is 2.92. The molecule has 0 radical (unpaired) electrons. The molecule has 1 aliphatic rings. The van der Waals surface area contributed by atoms with Crippen LogP contribution in [0.1, 0.15) is 29.1 Å². The molecular weight excluding hydrogens is 356 g/mol. The van der Waals surface area contributed by atoms with Crippen molar-refractivity contribution in [2.24, 2.45) is 0 Å². The highest BCUT2D eigenvalue weighted by atomic mass is 16.6. The quantitative estimate of drug-likeness (QED) is 0.461. The Hall–Kier alpha value is -3.62. The first-order valence-electron chi connectivity index (χ1n) is 7.88. The molecule has 9 nitrogen and oxygen atoms in total. The summed E-state index contributed by atoms with van der Waals surface area (Å²) in [7, 11) is 2.86. The monoisotopic (exact) mass is 372 g/mol. The number of carbonyl (C=O) groups is 2. The maximum absolute atomic E-state index is 12.5. The van der Waals surface area contributed by atoms with Crippen LogP contribution in [-0.2, 0) is 9.53 Å². The maximum Gasteiger partial charge on any atom is 0.342 e. The van der Waals surface area contributed by atoms with Crippen molar-refractivity contribution in [1.29, 1.82) is 0 Å². The first-order valence-corrected chi connectivity index (χ1v) is 7.88. The third-order valence-electron chi connectivity index (χ3n) is 4.14. The number of cyclic esters (lactones) is 1. The zero-order valence-corrected chi connectivity index (χ0v) is 14.8. The molecule has 1 aliphatic heterocycles. The summed E-state index contributed by atoms with van der Waals surface area (Å²) in [5.74, 6) is -0.451. The highest BCUT2D eigenvalue weighted by Crippen LogP contribution is 2.42. The first-order chi connectivity index (χ1) is 12.9. The lowest BCUT2D eigenvalue weighted by atomic mass is 10.0. The minimum absolute atomic E-state index is 0.129. The lowest BCUT2D eigenvalue weighted by Crippen LogP contribution is -2.40. The van der Waals surface area contributed by atoms with E-state index >= 15 is 0 Å². The highest BCUT2D eigenvalue weighted by Gasteiger charge is 2.38. The maximum atomic E-state index is 12.5. The van der Waals surface area contributed by atoms with E-state index in [1.165, 1.54) is 56.4 Å². The number of rotatable bonds is 4. The van der Waals surface area contributed by atoms with Gasteiger partial charge in [-0.25, -0.2) is 4.79 Å². The van der Waals surface area contributed by atoms with Crippen LogP contribution in [0.5, 0.6) is 11.5 Å². The van der Waals surface area contributed by atoms with Gasteiger partial charge in [-0.2, -0.15) is 0 Å². The topological polar surface area (TPSA) is 108 Å². The molecule has 27 heavy (non-hydrogen) atoms. The van der Waals surface area contributed by atoms with Gasteiger partial charge in [-0.1, -0.05) is 12.1 Å². The van der Waals surface area contributed by atoms with Gasteiger partial charge >= 0.3 is 5.97 Å². The molecule has 0 aliphatic carbocycles. The number of amides is 1. The van der Waals surface area contributed by atoms with Crippen LogP contribution in [0, 0.1) is 10.1 Å². The minimum atomic E-state index is -1.14. The molecule has 0 N–H and O–H groups in total.